The highest BCUT2D eigenvalue weighted by molar-refractivity contribution is 9.10. The molecule has 0 radical (unpaired) electrons. The van der Waals surface area contributed by atoms with Crippen LogP contribution in [0.4, 0.5) is 5.69 Å². The minimum Gasteiger partial charge on any atom is -0.398 e. The predicted octanol–water partition coefficient (Wildman–Crippen LogP) is 2.36. The second-order valence-electron chi connectivity index (χ2n) is 4.78. The molecule has 0 spiro atoms. The molecule has 0 aromatic heterocycles. The van der Waals surface area contributed by atoms with Crippen molar-refractivity contribution in [2.75, 3.05) is 12.3 Å². The number of nitrogen functional groups attached to an aromatic ring is 1. The normalized spacial score (nSPS) is 11.9. The fourth-order valence-corrected chi connectivity index (χ4v) is 2.26. The van der Waals surface area contributed by atoms with Crippen LogP contribution in [0, 0.1) is 0 Å². The Balaban J connectivity index is 2.04. The molecule has 0 aliphatic heterocycles. The number of nitrogens with one attached hydrogen (secondary N) is 1. The number of amides is 1. The van der Waals surface area contributed by atoms with E-state index in [-0.39, 0.29) is 18.6 Å². The van der Waals surface area contributed by atoms with Crippen LogP contribution in [0.1, 0.15) is 15.9 Å². The number of rotatable bonds is 5. The molecule has 0 heterocycles. The summed E-state index contributed by atoms with van der Waals surface area (Å²) in [5, 5.41) is 12.3. The fourth-order valence-electron chi connectivity index (χ4n) is 2.01. The number of hydrogen-bond acceptors (Lipinski definition) is 3. The summed E-state index contributed by atoms with van der Waals surface area (Å²) in [5.74, 6) is -0.246. The molecule has 0 fully saturated rings. The molecule has 5 heteroatoms. The van der Waals surface area contributed by atoms with Gasteiger partial charge in [-0.3, -0.25) is 4.79 Å². The first-order valence-electron chi connectivity index (χ1n) is 6.61. The molecule has 4 nitrogen and oxygen atoms in total. The molecule has 0 aliphatic carbocycles. The highest BCUT2D eigenvalue weighted by Crippen LogP contribution is 2.20. The molecule has 0 aliphatic rings. The van der Waals surface area contributed by atoms with Crippen molar-refractivity contribution in [1.29, 1.82) is 0 Å². The zero-order chi connectivity index (χ0) is 15.2. The third-order valence-electron chi connectivity index (χ3n) is 3.14. The van der Waals surface area contributed by atoms with Crippen LogP contribution in [0.2, 0.25) is 0 Å². The standard InChI is InChI=1S/C16H17BrN2O2/c17-14-7-6-12(9-15(14)18)16(21)19-13(10-20)8-11-4-2-1-3-5-11/h1-7,9,13,20H,8,10,18H2,(H,19,21). The van der Waals surface area contributed by atoms with Crippen molar-refractivity contribution >= 4 is 27.5 Å². The van der Waals surface area contributed by atoms with Gasteiger partial charge in [0.25, 0.3) is 5.91 Å². The van der Waals surface area contributed by atoms with Crippen molar-refractivity contribution in [3.63, 3.8) is 0 Å². The molecule has 0 saturated heterocycles. The summed E-state index contributed by atoms with van der Waals surface area (Å²) in [6, 6.07) is 14.4. The summed E-state index contributed by atoms with van der Waals surface area (Å²) in [6.07, 6.45) is 0.578. The molecule has 1 unspecified atom stereocenters. The van der Waals surface area contributed by atoms with Crippen LogP contribution in [0.3, 0.4) is 0 Å². The largest absolute Gasteiger partial charge is 0.398 e. The zero-order valence-corrected chi connectivity index (χ0v) is 13.0. The molecular formula is C16H17BrN2O2. The summed E-state index contributed by atoms with van der Waals surface area (Å²) < 4.78 is 0.752. The van der Waals surface area contributed by atoms with E-state index in [0.29, 0.717) is 17.7 Å². The maximum absolute atomic E-state index is 12.2. The van der Waals surface area contributed by atoms with Crippen LogP contribution < -0.4 is 11.1 Å². The molecule has 1 amide bonds. The average molecular weight is 349 g/mol. The van der Waals surface area contributed by atoms with Crippen molar-refractivity contribution < 1.29 is 9.90 Å². The van der Waals surface area contributed by atoms with Gasteiger partial charge in [0.05, 0.1) is 12.6 Å². The van der Waals surface area contributed by atoms with Gasteiger partial charge in [0.1, 0.15) is 0 Å². The lowest BCUT2D eigenvalue weighted by Crippen LogP contribution is -2.39. The van der Waals surface area contributed by atoms with Gasteiger partial charge >= 0.3 is 0 Å². The zero-order valence-electron chi connectivity index (χ0n) is 11.4. The molecule has 21 heavy (non-hydrogen) atoms. The Morgan fingerprint density at radius 3 is 2.57 bits per heavy atom. The molecule has 2 aromatic carbocycles. The number of carbonyl (C=O) groups is 1. The molecule has 1 atom stereocenters. The molecule has 0 saturated carbocycles. The van der Waals surface area contributed by atoms with Gasteiger partial charge < -0.3 is 16.2 Å². The van der Waals surface area contributed by atoms with Crippen molar-refractivity contribution in [3.05, 3.63) is 64.1 Å². The van der Waals surface area contributed by atoms with Crippen LogP contribution >= 0.6 is 15.9 Å². The van der Waals surface area contributed by atoms with Crippen molar-refractivity contribution in [2.24, 2.45) is 0 Å². The SMILES string of the molecule is Nc1cc(C(=O)NC(CO)Cc2ccccc2)ccc1Br. The van der Waals surface area contributed by atoms with Gasteiger partial charge in [0.15, 0.2) is 0 Å². The first kappa shape index (κ1) is 15.5. The number of carbonyl (C=O) groups excluding carboxylic acids is 1. The number of hydrogen-bond donors (Lipinski definition) is 3. The van der Waals surface area contributed by atoms with Crippen molar-refractivity contribution in [2.45, 2.75) is 12.5 Å². The highest BCUT2D eigenvalue weighted by Gasteiger charge is 2.14. The van der Waals surface area contributed by atoms with E-state index in [1.807, 2.05) is 30.3 Å². The van der Waals surface area contributed by atoms with Gasteiger partial charge in [0, 0.05) is 15.7 Å². The highest BCUT2D eigenvalue weighted by atomic mass is 79.9. The second-order valence-corrected chi connectivity index (χ2v) is 5.63. The van der Waals surface area contributed by atoms with Crippen LogP contribution in [-0.4, -0.2) is 23.7 Å². The number of aliphatic hydroxyl groups excluding tert-OH is 1. The Hall–Kier alpha value is -1.85. The lowest BCUT2D eigenvalue weighted by Gasteiger charge is -2.16. The Morgan fingerprint density at radius 1 is 1.24 bits per heavy atom. The van der Waals surface area contributed by atoms with Gasteiger partial charge in [-0.15, -0.1) is 0 Å². The molecule has 110 valence electrons. The summed E-state index contributed by atoms with van der Waals surface area (Å²) in [5.41, 5.74) is 7.81. The van der Waals surface area contributed by atoms with Crippen LogP contribution in [0.15, 0.2) is 53.0 Å². The lowest BCUT2D eigenvalue weighted by atomic mass is 10.1. The van der Waals surface area contributed by atoms with E-state index in [2.05, 4.69) is 21.2 Å². The monoisotopic (exact) mass is 348 g/mol. The van der Waals surface area contributed by atoms with E-state index in [0.717, 1.165) is 10.0 Å². The van der Waals surface area contributed by atoms with Crippen molar-refractivity contribution in [3.8, 4) is 0 Å². The summed E-state index contributed by atoms with van der Waals surface area (Å²) in [7, 11) is 0. The quantitative estimate of drug-likeness (QED) is 0.726. The van der Waals surface area contributed by atoms with E-state index in [1.54, 1.807) is 18.2 Å². The number of anilines is 1. The number of aliphatic hydroxyl groups is 1. The maximum atomic E-state index is 12.2. The van der Waals surface area contributed by atoms with Crippen LogP contribution in [-0.2, 0) is 6.42 Å². The van der Waals surface area contributed by atoms with Gasteiger partial charge in [-0.05, 0) is 46.1 Å². The Kier molecular flexibility index (Phi) is 5.36. The first-order valence-corrected chi connectivity index (χ1v) is 7.40. The smallest absolute Gasteiger partial charge is 0.251 e. The average Bonchev–Trinajstić information content (AvgIpc) is 2.50. The number of halogens is 1. The predicted molar refractivity (Wildman–Crippen MR) is 87.0 cm³/mol. The Labute approximate surface area is 132 Å². The van der Waals surface area contributed by atoms with Crippen LogP contribution in [0.5, 0.6) is 0 Å². The first-order chi connectivity index (χ1) is 10.1. The molecule has 2 aromatic rings. The summed E-state index contributed by atoms with van der Waals surface area (Å²) in [4.78, 5) is 12.2. The number of nitrogens with two attached hydrogens (primary N) is 1. The third kappa shape index (κ3) is 4.31. The molecule has 4 N–H and O–H groups in total. The summed E-state index contributed by atoms with van der Waals surface area (Å²) in [6.45, 7) is -0.118. The van der Waals surface area contributed by atoms with E-state index in [9.17, 15) is 9.90 Å². The topological polar surface area (TPSA) is 75.4 Å². The summed E-state index contributed by atoms with van der Waals surface area (Å²) >= 11 is 3.29. The van der Waals surface area contributed by atoms with E-state index in [1.165, 1.54) is 0 Å². The van der Waals surface area contributed by atoms with Gasteiger partial charge in [0.2, 0.25) is 0 Å². The minimum absolute atomic E-state index is 0.118. The van der Waals surface area contributed by atoms with E-state index >= 15 is 0 Å². The van der Waals surface area contributed by atoms with Crippen molar-refractivity contribution in [1.82, 2.24) is 5.32 Å². The Bertz CT molecular complexity index is 617. The minimum atomic E-state index is -0.329. The van der Waals surface area contributed by atoms with E-state index < -0.39 is 0 Å². The second kappa shape index (κ2) is 7.24. The molecule has 0 bridgehead atoms. The lowest BCUT2D eigenvalue weighted by molar-refractivity contribution is 0.0916. The Morgan fingerprint density at radius 2 is 1.95 bits per heavy atom. The fraction of sp³-hybridized carbons (Fsp3) is 0.188. The van der Waals surface area contributed by atoms with Gasteiger partial charge in [-0.25, -0.2) is 0 Å². The molecular weight excluding hydrogens is 332 g/mol. The molecule has 2 rings (SSSR count). The third-order valence-corrected chi connectivity index (χ3v) is 3.86. The maximum Gasteiger partial charge on any atom is 0.251 e. The van der Waals surface area contributed by atoms with Gasteiger partial charge in [-0.1, -0.05) is 30.3 Å². The number of benzene rings is 2. The van der Waals surface area contributed by atoms with E-state index in [4.69, 9.17) is 5.73 Å². The van der Waals surface area contributed by atoms with Crippen LogP contribution in [0.25, 0.3) is 0 Å². The van der Waals surface area contributed by atoms with Gasteiger partial charge in [-0.2, -0.15) is 0 Å².